The van der Waals surface area contributed by atoms with Crippen LogP contribution in [0, 0.1) is 0 Å². The molecular weight excluding hydrogens is 440 g/mol. The van der Waals surface area contributed by atoms with E-state index >= 15 is 0 Å². The molecule has 0 aliphatic carbocycles. The molecular formula is C26H18O8. The van der Waals surface area contributed by atoms with Crippen LogP contribution >= 0.6 is 0 Å². The van der Waals surface area contributed by atoms with Crippen molar-refractivity contribution in [2.45, 2.75) is 0 Å². The van der Waals surface area contributed by atoms with Gasteiger partial charge in [-0.05, 0) is 12.1 Å². The molecule has 170 valence electrons. The molecule has 0 fully saturated rings. The van der Waals surface area contributed by atoms with Gasteiger partial charge in [-0.1, -0.05) is 36.4 Å². The van der Waals surface area contributed by atoms with E-state index in [0.717, 1.165) is 0 Å². The van der Waals surface area contributed by atoms with Crippen LogP contribution in [0.4, 0.5) is 0 Å². The van der Waals surface area contributed by atoms with Crippen LogP contribution in [0.2, 0.25) is 0 Å². The summed E-state index contributed by atoms with van der Waals surface area (Å²) in [5.74, 6) is -2.36. The van der Waals surface area contributed by atoms with Crippen LogP contribution in [-0.4, -0.2) is 34.6 Å². The quantitative estimate of drug-likeness (QED) is 0.238. The van der Waals surface area contributed by atoms with Crippen LogP contribution in [0.3, 0.4) is 0 Å². The van der Waals surface area contributed by atoms with Crippen molar-refractivity contribution in [1.82, 2.24) is 0 Å². The third kappa shape index (κ3) is 2.36. The Morgan fingerprint density at radius 1 is 0.559 bits per heavy atom. The van der Waals surface area contributed by atoms with Gasteiger partial charge in [0.1, 0.15) is 11.2 Å². The molecule has 8 nitrogen and oxygen atoms in total. The number of phenolic OH excluding ortho intramolecular Hbond substituents is 4. The Labute approximate surface area is 191 Å². The van der Waals surface area contributed by atoms with Gasteiger partial charge in [0.25, 0.3) is 0 Å². The van der Waals surface area contributed by atoms with Gasteiger partial charge in [0.05, 0.1) is 14.2 Å². The summed E-state index contributed by atoms with van der Waals surface area (Å²) in [6, 6.07) is 14.2. The maximum atomic E-state index is 11.2. The lowest BCUT2D eigenvalue weighted by atomic mass is 9.92. The first-order valence-corrected chi connectivity index (χ1v) is 10.3. The van der Waals surface area contributed by atoms with Gasteiger partial charge in [0, 0.05) is 32.7 Å². The number of para-hydroxylation sites is 2. The number of furan rings is 2. The molecule has 0 spiro atoms. The van der Waals surface area contributed by atoms with Gasteiger partial charge in [0.2, 0.25) is 23.0 Å². The van der Waals surface area contributed by atoms with Gasteiger partial charge < -0.3 is 38.7 Å². The van der Waals surface area contributed by atoms with E-state index in [2.05, 4.69) is 0 Å². The molecule has 0 saturated carbocycles. The molecule has 2 aromatic heterocycles. The van der Waals surface area contributed by atoms with Crippen molar-refractivity contribution in [1.29, 1.82) is 0 Å². The SMILES string of the molecule is COc1c(O)c(O)c(-c2c(O)c(O)c(OC)c3oc4ccccc4c23)c2c1oc1ccccc12. The van der Waals surface area contributed by atoms with Crippen LogP contribution in [0.25, 0.3) is 55.0 Å². The van der Waals surface area contributed by atoms with Gasteiger partial charge in [-0.3, -0.25) is 0 Å². The second kappa shape index (κ2) is 6.89. The Hall–Kier alpha value is -4.72. The third-order valence-corrected chi connectivity index (χ3v) is 6.11. The predicted octanol–water partition coefficient (Wildman–Crippen LogP) is 5.99. The summed E-state index contributed by atoms with van der Waals surface area (Å²) in [4.78, 5) is 0. The normalized spacial score (nSPS) is 11.7. The number of ether oxygens (including phenoxy) is 2. The summed E-state index contributed by atoms with van der Waals surface area (Å²) in [5.41, 5.74) is 1.39. The molecule has 2 heterocycles. The smallest absolute Gasteiger partial charge is 0.208 e. The summed E-state index contributed by atoms with van der Waals surface area (Å²) in [7, 11) is 2.69. The fraction of sp³-hybridized carbons (Fsp3) is 0.0769. The molecule has 0 aliphatic rings. The number of fused-ring (bicyclic) bond motifs is 6. The first kappa shape index (κ1) is 19.9. The van der Waals surface area contributed by atoms with Crippen molar-refractivity contribution < 1.29 is 38.7 Å². The maximum Gasteiger partial charge on any atom is 0.208 e. The number of aromatic hydroxyl groups is 4. The molecule has 0 unspecified atom stereocenters. The van der Waals surface area contributed by atoms with Crippen molar-refractivity contribution in [2.24, 2.45) is 0 Å². The molecule has 4 N–H and O–H groups in total. The zero-order valence-electron chi connectivity index (χ0n) is 18.0. The average molecular weight is 458 g/mol. The predicted molar refractivity (Wildman–Crippen MR) is 126 cm³/mol. The summed E-state index contributed by atoms with van der Waals surface area (Å²) < 4.78 is 22.6. The number of benzene rings is 4. The number of hydrogen-bond acceptors (Lipinski definition) is 8. The summed E-state index contributed by atoms with van der Waals surface area (Å²) in [5, 5.41) is 46.1. The number of rotatable bonds is 3. The Morgan fingerprint density at radius 3 is 1.32 bits per heavy atom. The zero-order valence-corrected chi connectivity index (χ0v) is 18.0. The van der Waals surface area contributed by atoms with Crippen molar-refractivity contribution in [3.63, 3.8) is 0 Å². The number of phenols is 4. The van der Waals surface area contributed by atoms with Gasteiger partial charge in [0.15, 0.2) is 22.7 Å². The molecule has 0 bridgehead atoms. The fourth-order valence-electron chi connectivity index (χ4n) is 4.68. The Kier molecular flexibility index (Phi) is 4.04. The van der Waals surface area contributed by atoms with Gasteiger partial charge in [-0.2, -0.15) is 0 Å². The minimum absolute atomic E-state index is 0.0465. The van der Waals surface area contributed by atoms with E-state index in [1.54, 1.807) is 48.5 Å². The largest absolute Gasteiger partial charge is 0.504 e. The summed E-state index contributed by atoms with van der Waals surface area (Å²) in [6.45, 7) is 0. The van der Waals surface area contributed by atoms with Crippen molar-refractivity contribution in [3.8, 4) is 45.6 Å². The second-order valence-corrected chi connectivity index (χ2v) is 7.82. The molecule has 34 heavy (non-hydrogen) atoms. The van der Waals surface area contributed by atoms with Crippen molar-refractivity contribution in [2.75, 3.05) is 14.2 Å². The molecule has 0 amide bonds. The topological polar surface area (TPSA) is 126 Å². The van der Waals surface area contributed by atoms with Gasteiger partial charge >= 0.3 is 0 Å². The lowest BCUT2D eigenvalue weighted by molar-refractivity contribution is 0.349. The van der Waals surface area contributed by atoms with E-state index in [-0.39, 0.29) is 33.8 Å². The maximum absolute atomic E-state index is 11.2. The summed E-state index contributed by atoms with van der Waals surface area (Å²) >= 11 is 0. The van der Waals surface area contributed by atoms with Crippen LogP contribution in [0.5, 0.6) is 34.5 Å². The van der Waals surface area contributed by atoms with Crippen LogP contribution < -0.4 is 9.47 Å². The monoisotopic (exact) mass is 458 g/mol. The van der Waals surface area contributed by atoms with E-state index in [1.807, 2.05) is 0 Å². The number of hydrogen-bond donors (Lipinski definition) is 4. The highest BCUT2D eigenvalue weighted by molar-refractivity contribution is 6.24. The van der Waals surface area contributed by atoms with E-state index in [1.165, 1.54) is 14.2 Å². The van der Waals surface area contributed by atoms with Crippen molar-refractivity contribution in [3.05, 3.63) is 48.5 Å². The van der Waals surface area contributed by atoms with Gasteiger partial charge in [-0.25, -0.2) is 0 Å². The minimum Gasteiger partial charge on any atom is -0.504 e. The lowest BCUT2D eigenvalue weighted by Gasteiger charge is -2.16. The van der Waals surface area contributed by atoms with E-state index in [4.69, 9.17) is 18.3 Å². The minimum atomic E-state index is -0.570. The Balaban J connectivity index is 1.94. The molecule has 4 aromatic carbocycles. The highest BCUT2D eigenvalue weighted by atomic mass is 16.5. The third-order valence-electron chi connectivity index (χ3n) is 6.11. The molecule has 0 saturated heterocycles. The van der Waals surface area contributed by atoms with E-state index < -0.39 is 23.0 Å². The van der Waals surface area contributed by atoms with Crippen LogP contribution in [-0.2, 0) is 0 Å². The first-order valence-electron chi connectivity index (χ1n) is 10.3. The Morgan fingerprint density at radius 2 is 0.941 bits per heavy atom. The van der Waals surface area contributed by atoms with Crippen LogP contribution in [0.15, 0.2) is 57.4 Å². The molecule has 6 rings (SSSR count). The number of methoxy groups -OCH3 is 2. The Bertz CT molecular complexity index is 1640. The standard InChI is InChI=1S/C26H18O8/c1-31-25-21(29)19(27)17(15-11-7-3-5-9-13(11)33-23(15)25)18-16-12-8-4-6-10-14(12)34-24(16)26(32-2)22(30)20(18)28/h3-10,27-30H,1-2H3. The molecule has 0 aliphatic heterocycles. The van der Waals surface area contributed by atoms with E-state index in [0.29, 0.717) is 32.7 Å². The highest BCUT2D eigenvalue weighted by Gasteiger charge is 2.32. The zero-order chi connectivity index (χ0) is 23.7. The first-order chi connectivity index (χ1) is 16.5. The molecule has 0 radical (unpaired) electrons. The van der Waals surface area contributed by atoms with E-state index in [9.17, 15) is 20.4 Å². The fourth-order valence-corrected chi connectivity index (χ4v) is 4.68. The molecule has 8 heteroatoms. The van der Waals surface area contributed by atoms with Crippen LogP contribution in [0.1, 0.15) is 0 Å². The molecule has 6 aromatic rings. The second-order valence-electron chi connectivity index (χ2n) is 7.82. The van der Waals surface area contributed by atoms with Gasteiger partial charge in [-0.15, -0.1) is 0 Å². The molecule has 0 atom stereocenters. The van der Waals surface area contributed by atoms with Crippen molar-refractivity contribution >= 4 is 43.9 Å². The highest BCUT2D eigenvalue weighted by Crippen LogP contribution is 2.59. The average Bonchev–Trinajstić information content (AvgIpc) is 3.41. The lowest BCUT2D eigenvalue weighted by Crippen LogP contribution is -1.92. The summed E-state index contributed by atoms with van der Waals surface area (Å²) in [6.07, 6.45) is 0.